The fourth-order valence-electron chi connectivity index (χ4n) is 1.84. The number of hydrogen-bond acceptors (Lipinski definition) is 4. The Balaban J connectivity index is 2.13. The molecule has 0 spiro atoms. The van der Waals surface area contributed by atoms with Crippen LogP contribution >= 0.6 is 11.6 Å². The number of aromatic nitrogens is 1. The first-order valence-corrected chi connectivity index (χ1v) is 7.15. The molecule has 1 heterocycles. The molecule has 0 radical (unpaired) electrons. The van der Waals surface area contributed by atoms with Crippen molar-refractivity contribution in [2.75, 3.05) is 5.32 Å². The van der Waals surface area contributed by atoms with Gasteiger partial charge in [-0.25, -0.2) is 9.37 Å². The third-order valence-corrected chi connectivity index (χ3v) is 3.31. The van der Waals surface area contributed by atoms with Crippen LogP contribution in [0.25, 0.3) is 0 Å². The van der Waals surface area contributed by atoms with E-state index < -0.39 is 17.8 Å². The summed E-state index contributed by atoms with van der Waals surface area (Å²) in [5.41, 5.74) is 0.421. The molecular formula is C16H14ClFN2O3. The smallest absolute Gasteiger partial charge is 0.265 e. The van der Waals surface area contributed by atoms with Gasteiger partial charge in [0.1, 0.15) is 11.6 Å². The highest BCUT2D eigenvalue weighted by Gasteiger charge is 2.19. The second kappa shape index (κ2) is 7.19. The maximum absolute atomic E-state index is 13.2. The van der Waals surface area contributed by atoms with Crippen LogP contribution in [0, 0.1) is 5.82 Å². The molecule has 1 aromatic heterocycles. The Morgan fingerprint density at radius 2 is 2.09 bits per heavy atom. The standard InChI is InChI=1S/C16H14ClFN2O3/c1-9(21)12-8-11(18)5-6-14(12)23-10(2)16(22)20-13-4-3-7-19-15(13)17/h3-8,10H,1-2H3,(H,20,22)/t10-/m0/s1. The van der Waals surface area contributed by atoms with E-state index in [1.54, 1.807) is 12.1 Å². The fourth-order valence-corrected chi connectivity index (χ4v) is 2.00. The number of anilines is 1. The van der Waals surface area contributed by atoms with Crippen molar-refractivity contribution in [3.63, 3.8) is 0 Å². The zero-order chi connectivity index (χ0) is 17.0. The van der Waals surface area contributed by atoms with Crippen LogP contribution in [0.4, 0.5) is 10.1 Å². The Kier molecular flexibility index (Phi) is 5.28. The van der Waals surface area contributed by atoms with Crippen LogP contribution in [0.15, 0.2) is 36.5 Å². The van der Waals surface area contributed by atoms with Gasteiger partial charge in [-0.05, 0) is 44.2 Å². The van der Waals surface area contributed by atoms with Crippen LogP contribution in [0.1, 0.15) is 24.2 Å². The number of ether oxygens (including phenoxy) is 1. The number of nitrogens with zero attached hydrogens (tertiary/aromatic N) is 1. The van der Waals surface area contributed by atoms with Crippen LogP contribution in [-0.2, 0) is 4.79 Å². The number of Topliss-reactive ketones (excluding diaryl/α,β-unsaturated/α-hetero) is 1. The molecule has 1 amide bonds. The lowest BCUT2D eigenvalue weighted by Crippen LogP contribution is -2.30. The Hall–Kier alpha value is -2.47. The third-order valence-electron chi connectivity index (χ3n) is 3.01. The number of benzene rings is 1. The molecule has 23 heavy (non-hydrogen) atoms. The minimum absolute atomic E-state index is 0.0732. The van der Waals surface area contributed by atoms with Gasteiger partial charge in [-0.2, -0.15) is 0 Å². The highest BCUT2D eigenvalue weighted by Crippen LogP contribution is 2.23. The number of carbonyl (C=O) groups excluding carboxylic acids is 2. The molecule has 0 fully saturated rings. The predicted octanol–water partition coefficient (Wildman–Crippen LogP) is 3.48. The van der Waals surface area contributed by atoms with E-state index in [1.165, 1.54) is 26.1 Å². The largest absolute Gasteiger partial charge is 0.480 e. The van der Waals surface area contributed by atoms with Crippen molar-refractivity contribution in [2.24, 2.45) is 0 Å². The van der Waals surface area contributed by atoms with Gasteiger partial charge >= 0.3 is 0 Å². The lowest BCUT2D eigenvalue weighted by Gasteiger charge is -2.16. The van der Waals surface area contributed by atoms with E-state index in [2.05, 4.69) is 10.3 Å². The lowest BCUT2D eigenvalue weighted by atomic mass is 10.1. The predicted molar refractivity (Wildman–Crippen MR) is 84.4 cm³/mol. The summed E-state index contributed by atoms with van der Waals surface area (Å²) in [6, 6.07) is 6.76. The lowest BCUT2D eigenvalue weighted by molar-refractivity contribution is -0.122. The first kappa shape index (κ1) is 16.9. The van der Waals surface area contributed by atoms with Crippen molar-refractivity contribution in [3.8, 4) is 5.75 Å². The SMILES string of the molecule is CC(=O)c1cc(F)ccc1O[C@@H](C)C(=O)Nc1cccnc1Cl. The van der Waals surface area contributed by atoms with Crippen LogP contribution < -0.4 is 10.1 Å². The van der Waals surface area contributed by atoms with Crippen molar-refractivity contribution in [1.82, 2.24) is 4.98 Å². The second-order valence-electron chi connectivity index (χ2n) is 4.79. The van der Waals surface area contributed by atoms with Crippen molar-refractivity contribution < 1.29 is 18.7 Å². The summed E-state index contributed by atoms with van der Waals surface area (Å²) in [6.07, 6.45) is 0.574. The molecule has 2 aromatic rings. The number of nitrogens with one attached hydrogen (secondary N) is 1. The van der Waals surface area contributed by atoms with E-state index in [-0.39, 0.29) is 22.2 Å². The van der Waals surface area contributed by atoms with Crippen LogP contribution in [0.5, 0.6) is 5.75 Å². The second-order valence-corrected chi connectivity index (χ2v) is 5.15. The average molecular weight is 337 g/mol. The highest BCUT2D eigenvalue weighted by molar-refractivity contribution is 6.32. The van der Waals surface area contributed by atoms with Gasteiger partial charge in [-0.3, -0.25) is 9.59 Å². The monoisotopic (exact) mass is 336 g/mol. The summed E-state index contributed by atoms with van der Waals surface area (Å²) in [5, 5.41) is 2.72. The van der Waals surface area contributed by atoms with Crippen molar-refractivity contribution in [2.45, 2.75) is 20.0 Å². The number of pyridine rings is 1. The van der Waals surface area contributed by atoms with Gasteiger partial charge in [0.25, 0.3) is 5.91 Å². The van der Waals surface area contributed by atoms with Crippen LogP contribution in [-0.4, -0.2) is 22.8 Å². The van der Waals surface area contributed by atoms with Gasteiger partial charge in [0, 0.05) is 6.20 Å². The number of halogens is 2. The number of rotatable bonds is 5. The summed E-state index contributed by atoms with van der Waals surface area (Å²) in [4.78, 5) is 27.5. The molecule has 2 rings (SSSR count). The molecule has 0 aliphatic rings. The van der Waals surface area contributed by atoms with Gasteiger partial charge in [0.05, 0.1) is 11.3 Å². The number of carbonyl (C=O) groups is 2. The summed E-state index contributed by atoms with van der Waals surface area (Å²) in [5.74, 6) is -1.25. The highest BCUT2D eigenvalue weighted by atomic mass is 35.5. The Bertz CT molecular complexity index is 752. The van der Waals surface area contributed by atoms with E-state index in [1.807, 2.05) is 0 Å². The van der Waals surface area contributed by atoms with Gasteiger partial charge in [-0.1, -0.05) is 11.6 Å². The summed E-state index contributed by atoms with van der Waals surface area (Å²) in [7, 11) is 0. The molecule has 1 atom stereocenters. The summed E-state index contributed by atoms with van der Waals surface area (Å²) >= 11 is 5.86. The fraction of sp³-hybridized carbons (Fsp3) is 0.188. The molecule has 1 N–H and O–H groups in total. The van der Waals surface area contributed by atoms with Crippen molar-refractivity contribution in [3.05, 3.63) is 53.1 Å². The minimum atomic E-state index is -0.921. The van der Waals surface area contributed by atoms with E-state index in [9.17, 15) is 14.0 Å². The number of hydrogen-bond donors (Lipinski definition) is 1. The van der Waals surface area contributed by atoms with E-state index in [0.717, 1.165) is 12.1 Å². The van der Waals surface area contributed by atoms with Crippen molar-refractivity contribution in [1.29, 1.82) is 0 Å². The zero-order valence-electron chi connectivity index (χ0n) is 12.5. The molecule has 0 aliphatic carbocycles. The Labute approximate surface area is 137 Å². The maximum Gasteiger partial charge on any atom is 0.265 e. The normalized spacial score (nSPS) is 11.7. The first-order valence-electron chi connectivity index (χ1n) is 6.77. The van der Waals surface area contributed by atoms with Gasteiger partial charge in [-0.15, -0.1) is 0 Å². The molecule has 1 aromatic carbocycles. The average Bonchev–Trinajstić information content (AvgIpc) is 2.51. The zero-order valence-corrected chi connectivity index (χ0v) is 13.2. The first-order chi connectivity index (χ1) is 10.9. The molecule has 7 heteroatoms. The topological polar surface area (TPSA) is 68.3 Å². The number of ketones is 1. The molecule has 0 aliphatic heterocycles. The summed E-state index contributed by atoms with van der Waals surface area (Å²) in [6.45, 7) is 2.80. The van der Waals surface area contributed by atoms with Gasteiger partial charge in [0.2, 0.25) is 0 Å². The van der Waals surface area contributed by atoms with E-state index >= 15 is 0 Å². The van der Waals surface area contributed by atoms with Crippen LogP contribution in [0.2, 0.25) is 5.15 Å². The molecule has 120 valence electrons. The molecular weight excluding hydrogens is 323 g/mol. The quantitative estimate of drug-likeness (QED) is 0.670. The third kappa shape index (κ3) is 4.26. The van der Waals surface area contributed by atoms with Gasteiger partial charge in [0.15, 0.2) is 17.0 Å². The van der Waals surface area contributed by atoms with Crippen LogP contribution in [0.3, 0.4) is 0 Å². The Morgan fingerprint density at radius 1 is 1.35 bits per heavy atom. The van der Waals surface area contributed by atoms with E-state index in [4.69, 9.17) is 16.3 Å². The van der Waals surface area contributed by atoms with E-state index in [0.29, 0.717) is 5.69 Å². The Morgan fingerprint density at radius 3 is 2.74 bits per heavy atom. The van der Waals surface area contributed by atoms with Crippen molar-refractivity contribution >= 4 is 29.0 Å². The molecule has 0 bridgehead atoms. The molecule has 0 saturated carbocycles. The molecule has 0 saturated heterocycles. The molecule has 5 nitrogen and oxygen atoms in total. The molecule has 0 unspecified atom stereocenters. The summed E-state index contributed by atoms with van der Waals surface area (Å²) < 4.78 is 18.7. The van der Waals surface area contributed by atoms with Gasteiger partial charge < -0.3 is 10.1 Å². The minimum Gasteiger partial charge on any atom is -0.480 e. The maximum atomic E-state index is 13.2. The number of amides is 1.